The maximum atomic E-state index is 5.57. The fraction of sp³-hybridized carbons (Fsp3) is 0.286. The molecule has 0 unspecified atom stereocenters. The van der Waals surface area contributed by atoms with Gasteiger partial charge in [-0.3, -0.25) is 0 Å². The van der Waals surface area contributed by atoms with Crippen molar-refractivity contribution in [2.75, 3.05) is 24.3 Å². The van der Waals surface area contributed by atoms with Crippen LogP contribution in [0.5, 0.6) is 5.75 Å². The van der Waals surface area contributed by atoms with E-state index in [1.54, 1.807) is 0 Å². The first-order valence-electron chi connectivity index (χ1n) is 6.25. The monoisotopic (exact) mass is 258 g/mol. The molecule has 0 saturated carbocycles. The van der Waals surface area contributed by atoms with Crippen molar-refractivity contribution in [1.82, 2.24) is 9.97 Å². The molecule has 0 aliphatic carbocycles. The molecule has 0 fully saturated rings. The summed E-state index contributed by atoms with van der Waals surface area (Å²) >= 11 is 0. The zero-order valence-electron chi connectivity index (χ0n) is 11.4. The van der Waals surface area contributed by atoms with E-state index in [4.69, 9.17) is 4.74 Å². The second-order valence-corrected chi connectivity index (χ2v) is 3.99. The van der Waals surface area contributed by atoms with Crippen LogP contribution >= 0.6 is 0 Å². The molecule has 0 atom stereocenters. The molecule has 19 heavy (non-hydrogen) atoms. The highest BCUT2D eigenvalue weighted by Gasteiger charge is 2.05. The quantitative estimate of drug-likeness (QED) is 0.863. The number of aromatic nitrogens is 2. The fourth-order valence-electron chi connectivity index (χ4n) is 1.75. The zero-order chi connectivity index (χ0) is 13.7. The Morgan fingerprint density at radius 1 is 1.16 bits per heavy atom. The van der Waals surface area contributed by atoms with Crippen molar-refractivity contribution >= 4 is 17.3 Å². The average molecular weight is 258 g/mol. The SMILES string of the molecule is CCOc1ccccc1Nc1cc(NC)nc(C)n1. The number of nitrogens with one attached hydrogen (secondary N) is 2. The van der Waals surface area contributed by atoms with Crippen LogP contribution in [0.15, 0.2) is 30.3 Å². The molecular weight excluding hydrogens is 240 g/mol. The van der Waals surface area contributed by atoms with E-state index >= 15 is 0 Å². The van der Waals surface area contributed by atoms with Crippen LogP contribution in [0.1, 0.15) is 12.7 Å². The number of rotatable bonds is 5. The molecule has 0 amide bonds. The molecule has 1 aromatic carbocycles. The summed E-state index contributed by atoms with van der Waals surface area (Å²) in [4.78, 5) is 8.62. The molecule has 0 radical (unpaired) electrons. The molecule has 2 rings (SSSR count). The average Bonchev–Trinajstić information content (AvgIpc) is 2.40. The standard InChI is InChI=1S/C14H18N4O/c1-4-19-12-8-6-5-7-11(12)18-14-9-13(15-3)16-10(2)17-14/h5-9H,4H2,1-3H3,(H2,15,16,17,18). The van der Waals surface area contributed by atoms with E-state index in [-0.39, 0.29) is 0 Å². The van der Waals surface area contributed by atoms with Gasteiger partial charge < -0.3 is 15.4 Å². The number of anilines is 3. The third-order valence-electron chi connectivity index (χ3n) is 2.54. The Morgan fingerprint density at radius 3 is 2.63 bits per heavy atom. The van der Waals surface area contributed by atoms with Gasteiger partial charge in [0.05, 0.1) is 12.3 Å². The molecule has 2 N–H and O–H groups in total. The first-order valence-corrected chi connectivity index (χ1v) is 6.25. The number of benzene rings is 1. The van der Waals surface area contributed by atoms with Crippen LogP contribution in [0.2, 0.25) is 0 Å². The van der Waals surface area contributed by atoms with Gasteiger partial charge in [-0.15, -0.1) is 0 Å². The van der Waals surface area contributed by atoms with Gasteiger partial charge >= 0.3 is 0 Å². The molecule has 1 heterocycles. The Bertz CT molecular complexity index is 557. The normalized spacial score (nSPS) is 10.1. The first-order chi connectivity index (χ1) is 9.22. The largest absolute Gasteiger partial charge is 0.492 e. The highest BCUT2D eigenvalue weighted by molar-refractivity contribution is 5.65. The highest BCUT2D eigenvalue weighted by Crippen LogP contribution is 2.27. The second kappa shape index (κ2) is 6.04. The zero-order valence-corrected chi connectivity index (χ0v) is 11.4. The maximum Gasteiger partial charge on any atom is 0.142 e. The molecule has 0 aliphatic rings. The van der Waals surface area contributed by atoms with E-state index in [0.717, 1.165) is 23.1 Å². The molecule has 0 saturated heterocycles. The second-order valence-electron chi connectivity index (χ2n) is 3.99. The van der Waals surface area contributed by atoms with Crippen LogP contribution in [0.4, 0.5) is 17.3 Å². The van der Waals surface area contributed by atoms with Gasteiger partial charge in [-0.25, -0.2) is 9.97 Å². The molecule has 1 aromatic heterocycles. The lowest BCUT2D eigenvalue weighted by molar-refractivity contribution is 0.342. The lowest BCUT2D eigenvalue weighted by Gasteiger charge is -2.12. The lowest BCUT2D eigenvalue weighted by atomic mass is 10.3. The van der Waals surface area contributed by atoms with E-state index in [9.17, 15) is 0 Å². The van der Waals surface area contributed by atoms with Crippen LogP contribution in [0.25, 0.3) is 0 Å². The Labute approximate surface area is 113 Å². The molecule has 5 nitrogen and oxygen atoms in total. The predicted molar refractivity (Wildman–Crippen MR) is 77.2 cm³/mol. The van der Waals surface area contributed by atoms with E-state index in [2.05, 4.69) is 20.6 Å². The Morgan fingerprint density at radius 2 is 1.89 bits per heavy atom. The molecule has 0 spiro atoms. The third kappa shape index (κ3) is 3.34. The topological polar surface area (TPSA) is 59.1 Å². The van der Waals surface area contributed by atoms with Crippen LogP contribution in [-0.4, -0.2) is 23.6 Å². The van der Waals surface area contributed by atoms with Crippen molar-refractivity contribution < 1.29 is 4.74 Å². The summed E-state index contributed by atoms with van der Waals surface area (Å²) in [5.74, 6) is 3.04. The summed E-state index contributed by atoms with van der Waals surface area (Å²) in [7, 11) is 1.83. The van der Waals surface area contributed by atoms with E-state index in [0.29, 0.717) is 12.4 Å². The first kappa shape index (κ1) is 13.1. The highest BCUT2D eigenvalue weighted by atomic mass is 16.5. The number of para-hydroxylation sites is 2. The summed E-state index contributed by atoms with van der Waals surface area (Å²) in [6.45, 7) is 4.45. The van der Waals surface area contributed by atoms with Crippen molar-refractivity contribution in [2.45, 2.75) is 13.8 Å². The number of aryl methyl sites for hydroxylation is 1. The van der Waals surface area contributed by atoms with Crippen LogP contribution in [0.3, 0.4) is 0 Å². The number of hydrogen-bond acceptors (Lipinski definition) is 5. The van der Waals surface area contributed by atoms with Crippen LogP contribution in [-0.2, 0) is 0 Å². The lowest BCUT2D eigenvalue weighted by Crippen LogP contribution is -2.02. The summed E-state index contributed by atoms with van der Waals surface area (Å²) in [6.07, 6.45) is 0. The third-order valence-corrected chi connectivity index (χ3v) is 2.54. The minimum atomic E-state index is 0.628. The summed E-state index contributed by atoms with van der Waals surface area (Å²) in [5.41, 5.74) is 0.893. The Hall–Kier alpha value is -2.30. The van der Waals surface area contributed by atoms with Crippen molar-refractivity contribution in [3.8, 4) is 5.75 Å². The van der Waals surface area contributed by atoms with Crippen LogP contribution in [0, 0.1) is 6.92 Å². The number of nitrogens with zero attached hydrogens (tertiary/aromatic N) is 2. The maximum absolute atomic E-state index is 5.57. The Kier molecular flexibility index (Phi) is 4.18. The van der Waals surface area contributed by atoms with Gasteiger partial charge in [-0.05, 0) is 26.0 Å². The van der Waals surface area contributed by atoms with Crippen molar-refractivity contribution in [3.63, 3.8) is 0 Å². The van der Waals surface area contributed by atoms with Gasteiger partial charge in [-0.2, -0.15) is 0 Å². The van der Waals surface area contributed by atoms with E-state index < -0.39 is 0 Å². The summed E-state index contributed by atoms with van der Waals surface area (Å²) in [5, 5.41) is 6.27. The molecule has 2 aromatic rings. The minimum absolute atomic E-state index is 0.628. The molecule has 0 aliphatic heterocycles. The fourth-order valence-corrected chi connectivity index (χ4v) is 1.75. The van der Waals surface area contributed by atoms with Crippen molar-refractivity contribution in [3.05, 3.63) is 36.2 Å². The summed E-state index contributed by atoms with van der Waals surface area (Å²) in [6, 6.07) is 9.65. The number of hydrogen-bond donors (Lipinski definition) is 2. The van der Waals surface area contributed by atoms with E-state index in [1.165, 1.54) is 0 Å². The Balaban J connectivity index is 2.28. The molecule has 0 bridgehead atoms. The van der Waals surface area contributed by atoms with Gasteiger partial charge in [0.15, 0.2) is 0 Å². The van der Waals surface area contributed by atoms with Gasteiger partial charge in [0.1, 0.15) is 23.2 Å². The minimum Gasteiger partial charge on any atom is -0.492 e. The van der Waals surface area contributed by atoms with Crippen LogP contribution < -0.4 is 15.4 Å². The summed E-state index contributed by atoms with van der Waals surface area (Å²) < 4.78 is 5.57. The number of ether oxygens (including phenoxy) is 1. The molecule has 100 valence electrons. The smallest absolute Gasteiger partial charge is 0.142 e. The molecular formula is C14H18N4O. The van der Waals surface area contributed by atoms with Crippen molar-refractivity contribution in [2.24, 2.45) is 0 Å². The van der Waals surface area contributed by atoms with Crippen molar-refractivity contribution in [1.29, 1.82) is 0 Å². The molecule has 5 heteroatoms. The van der Waals surface area contributed by atoms with Gasteiger partial charge in [-0.1, -0.05) is 12.1 Å². The van der Waals surface area contributed by atoms with Gasteiger partial charge in [0, 0.05) is 13.1 Å². The predicted octanol–water partition coefficient (Wildman–Crippen LogP) is 2.97. The van der Waals surface area contributed by atoms with Gasteiger partial charge in [0.25, 0.3) is 0 Å². The van der Waals surface area contributed by atoms with E-state index in [1.807, 2.05) is 51.2 Å². The van der Waals surface area contributed by atoms with Gasteiger partial charge in [0.2, 0.25) is 0 Å².